The van der Waals surface area contributed by atoms with Gasteiger partial charge in [-0.1, -0.05) is 6.92 Å². The summed E-state index contributed by atoms with van der Waals surface area (Å²) >= 11 is 0. The lowest BCUT2D eigenvalue weighted by Gasteiger charge is -2.30. The molecule has 1 saturated heterocycles. The fourth-order valence-corrected chi connectivity index (χ4v) is 2.20. The van der Waals surface area contributed by atoms with Gasteiger partial charge in [-0.3, -0.25) is 4.79 Å². The number of piperidine rings is 1. The quantitative estimate of drug-likeness (QED) is 0.567. The predicted octanol–water partition coefficient (Wildman–Crippen LogP) is 0.644. The van der Waals surface area contributed by atoms with E-state index >= 15 is 0 Å². The lowest BCUT2D eigenvalue weighted by molar-refractivity contribution is -0.133. The molecular weight excluding hydrogens is 272 g/mol. The van der Waals surface area contributed by atoms with Crippen molar-refractivity contribution in [2.24, 2.45) is 11.7 Å². The SMILES string of the molecule is CC1CCN(C(=O)CCOCCOCCOCCN)CC1. The maximum atomic E-state index is 11.9. The number of amides is 1. The Morgan fingerprint density at radius 3 is 2.10 bits per heavy atom. The van der Waals surface area contributed by atoms with Gasteiger partial charge in [0.25, 0.3) is 0 Å². The Morgan fingerprint density at radius 1 is 1.00 bits per heavy atom. The number of nitrogens with zero attached hydrogens (tertiary/aromatic N) is 1. The molecule has 0 spiro atoms. The molecule has 0 aliphatic carbocycles. The summed E-state index contributed by atoms with van der Waals surface area (Å²) in [5, 5.41) is 0. The minimum Gasteiger partial charge on any atom is -0.379 e. The molecule has 1 fully saturated rings. The maximum Gasteiger partial charge on any atom is 0.224 e. The molecule has 0 bridgehead atoms. The van der Waals surface area contributed by atoms with Crippen molar-refractivity contribution in [1.82, 2.24) is 4.90 Å². The van der Waals surface area contributed by atoms with Crippen LogP contribution >= 0.6 is 0 Å². The molecule has 124 valence electrons. The zero-order valence-electron chi connectivity index (χ0n) is 13.2. The van der Waals surface area contributed by atoms with Gasteiger partial charge in [0, 0.05) is 19.6 Å². The molecule has 0 unspecified atom stereocenters. The van der Waals surface area contributed by atoms with E-state index in [1.54, 1.807) is 0 Å². The Hall–Kier alpha value is -0.690. The van der Waals surface area contributed by atoms with Crippen molar-refractivity contribution in [2.45, 2.75) is 26.2 Å². The summed E-state index contributed by atoms with van der Waals surface area (Å²) in [6, 6.07) is 0. The largest absolute Gasteiger partial charge is 0.379 e. The minimum atomic E-state index is 0.206. The van der Waals surface area contributed by atoms with Crippen molar-refractivity contribution in [3.05, 3.63) is 0 Å². The van der Waals surface area contributed by atoms with Crippen molar-refractivity contribution in [1.29, 1.82) is 0 Å². The molecule has 1 amide bonds. The van der Waals surface area contributed by atoms with E-state index in [2.05, 4.69) is 6.92 Å². The second-order valence-electron chi connectivity index (χ2n) is 5.44. The van der Waals surface area contributed by atoms with E-state index in [1.165, 1.54) is 0 Å². The van der Waals surface area contributed by atoms with Gasteiger partial charge in [0.15, 0.2) is 0 Å². The first-order valence-electron chi connectivity index (χ1n) is 7.95. The van der Waals surface area contributed by atoms with Gasteiger partial charge in [-0.2, -0.15) is 0 Å². The fourth-order valence-electron chi connectivity index (χ4n) is 2.20. The molecule has 0 radical (unpaired) electrons. The molecule has 1 rings (SSSR count). The van der Waals surface area contributed by atoms with Gasteiger partial charge in [0.05, 0.1) is 46.1 Å². The third kappa shape index (κ3) is 9.03. The van der Waals surface area contributed by atoms with Crippen LogP contribution in [0.2, 0.25) is 0 Å². The highest BCUT2D eigenvalue weighted by Gasteiger charge is 2.19. The first-order valence-corrected chi connectivity index (χ1v) is 7.95. The van der Waals surface area contributed by atoms with Crippen LogP contribution in [0.15, 0.2) is 0 Å². The van der Waals surface area contributed by atoms with Gasteiger partial charge in [0.2, 0.25) is 5.91 Å². The van der Waals surface area contributed by atoms with Gasteiger partial charge < -0.3 is 24.8 Å². The molecule has 2 N–H and O–H groups in total. The first-order chi connectivity index (χ1) is 10.2. The van der Waals surface area contributed by atoms with Crippen molar-refractivity contribution in [3.63, 3.8) is 0 Å². The van der Waals surface area contributed by atoms with Crippen LogP contribution in [-0.4, -0.2) is 70.1 Å². The molecule has 21 heavy (non-hydrogen) atoms. The fraction of sp³-hybridized carbons (Fsp3) is 0.933. The summed E-state index contributed by atoms with van der Waals surface area (Å²) < 4.78 is 15.9. The molecule has 0 aromatic carbocycles. The molecule has 0 aromatic rings. The highest BCUT2D eigenvalue weighted by Crippen LogP contribution is 2.16. The third-order valence-corrected chi connectivity index (χ3v) is 3.60. The van der Waals surface area contributed by atoms with Crippen LogP contribution in [0.25, 0.3) is 0 Å². The van der Waals surface area contributed by atoms with Crippen LogP contribution in [0.3, 0.4) is 0 Å². The summed E-state index contributed by atoms with van der Waals surface area (Å²) in [5.74, 6) is 0.953. The zero-order valence-corrected chi connectivity index (χ0v) is 13.2. The van der Waals surface area contributed by atoms with Crippen molar-refractivity contribution in [3.8, 4) is 0 Å². The Bertz CT molecular complexity index is 268. The molecule has 0 atom stereocenters. The standard InChI is InChI=1S/C15H30N2O4/c1-14-2-6-17(7-3-14)15(18)4-8-19-10-12-21-13-11-20-9-5-16/h14H,2-13,16H2,1H3. The number of hydrogen-bond donors (Lipinski definition) is 1. The van der Waals surface area contributed by atoms with Crippen LogP contribution in [0.1, 0.15) is 26.2 Å². The van der Waals surface area contributed by atoms with Crippen LogP contribution in [-0.2, 0) is 19.0 Å². The third-order valence-electron chi connectivity index (χ3n) is 3.60. The van der Waals surface area contributed by atoms with Gasteiger partial charge in [-0.05, 0) is 18.8 Å². The first kappa shape index (κ1) is 18.4. The molecule has 0 saturated carbocycles. The number of carbonyl (C=O) groups excluding carboxylic acids is 1. The summed E-state index contributed by atoms with van der Waals surface area (Å²) in [4.78, 5) is 13.9. The van der Waals surface area contributed by atoms with E-state index in [4.69, 9.17) is 19.9 Å². The van der Waals surface area contributed by atoms with Crippen LogP contribution < -0.4 is 5.73 Å². The maximum absolute atomic E-state index is 11.9. The number of likely N-dealkylation sites (tertiary alicyclic amines) is 1. The molecule has 1 heterocycles. The van der Waals surface area contributed by atoms with Gasteiger partial charge in [-0.25, -0.2) is 0 Å². The van der Waals surface area contributed by atoms with Gasteiger partial charge in [0.1, 0.15) is 0 Å². The van der Waals surface area contributed by atoms with Crippen LogP contribution in [0.5, 0.6) is 0 Å². The highest BCUT2D eigenvalue weighted by molar-refractivity contribution is 5.76. The van der Waals surface area contributed by atoms with Gasteiger partial charge >= 0.3 is 0 Å². The molecule has 1 aliphatic heterocycles. The van der Waals surface area contributed by atoms with E-state index in [0.717, 1.165) is 31.8 Å². The summed E-state index contributed by atoms with van der Waals surface area (Å²) in [6.07, 6.45) is 2.70. The normalized spacial score (nSPS) is 16.4. The second kappa shape index (κ2) is 11.9. The molecular formula is C15H30N2O4. The smallest absolute Gasteiger partial charge is 0.224 e. The average molecular weight is 302 g/mol. The molecule has 1 aliphatic rings. The number of nitrogens with two attached hydrogens (primary N) is 1. The Labute approximate surface area is 127 Å². The van der Waals surface area contributed by atoms with Gasteiger partial charge in [-0.15, -0.1) is 0 Å². The lowest BCUT2D eigenvalue weighted by Crippen LogP contribution is -2.38. The summed E-state index contributed by atoms with van der Waals surface area (Å²) in [6.45, 7) is 7.76. The second-order valence-corrected chi connectivity index (χ2v) is 5.44. The lowest BCUT2D eigenvalue weighted by atomic mass is 9.99. The summed E-state index contributed by atoms with van der Waals surface area (Å²) in [5.41, 5.74) is 5.29. The number of ether oxygens (including phenoxy) is 3. The van der Waals surface area contributed by atoms with E-state index in [-0.39, 0.29) is 5.91 Å². The highest BCUT2D eigenvalue weighted by atomic mass is 16.5. The van der Waals surface area contributed by atoms with E-state index in [1.807, 2.05) is 4.90 Å². The Kier molecular flexibility index (Phi) is 10.4. The van der Waals surface area contributed by atoms with Crippen molar-refractivity contribution < 1.29 is 19.0 Å². The molecule has 0 aromatic heterocycles. The van der Waals surface area contributed by atoms with E-state index < -0.39 is 0 Å². The molecule has 6 heteroatoms. The Morgan fingerprint density at radius 2 is 1.52 bits per heavy atom. The molecule has 6 nitrogen and oxygen atoms in total. The zero-order chi connectivity index (χ0) is 15.3. The van der Waals surface area contributed by atoms with E-state index in [0.29, 0.717) is 52.6 Å². The summed E-state index contributed by atoms with van der Waals surface area (Å²) in [7, 11) is 0. The van der Waals surface area contributed by atoms with E-state index in [9.17, 15) is 4.79 Å². The monoisotopic (exact) mass is 302 g/mol. The van der Waals surface area contributed by atoms with Crippen LogP contribution in [0, 0.1) is 5.92 Å². The predicted molar refractivity (Wildman–Crippen MR) is 81.1 cm³/mol. The number of rotatable bonds is 11. The van der Waals surface area contributed by atoms with Crippen molar-refractivity contribution >= 4 is 5.91 Å². The van der Waals surface area contributed by atoms with Crippen molar-refractivity contribution in [2.75, 3.05) is 59.3 Å². The topological polar surface area (TPSA) is 74.0 Å². The van der Waals surface area contributed by atoms with Crippen LogP contribution in [0.4, 0.5) is 0 Å². The Balaban J connectivity index is 1.86. The number of hydrogen-bond acceptors (Lipinski definition) is 5. The number of carbonyl (C=O) groups is 1. The minimum absolute atomic E-state index is 0.206. The average Bonchev–Trinajstić information content (AvgIpc) is 2.49.